The number of rotatable bonds is 10. The first kappa shape index (κ1) is 16.1. The quantitative estimate of drug-likeness (QED) is 0.594. The van der Waals surface area contributed by atoms with Gasteiger partial charge in [-0.25, -0.2) is 0 Å². The molecule has 0 spiro atoms. The van der Waals surface area contributed by atoms with Gasteiger partial charge in [0, 0.05) is 13.2 Å². The zero-order valence-electron chi connectivity index (χ0n) is 11.6. The molecule has 0 rings (SSSR count). The van der Waals surface area contributed by atoms with Gasteiger partial charge in [-0.15, -0.1) is 0 Å². The lowest BCUT2D eigenvalue weighted by Gasteiger charge is -2.28. The maximum Gasteiger partial charge on any atom is 0.191 e. The molecule has 0 bridgehead atoms. The maximum absolute atomic E-state index is 8.76. The van der Waals surface area contributed by atoms with Crippen molar-refractivity contribution in [2.45, 2.75) is 65.1 Å². The van der Waals surface area contributed by atoms with Crippen molar-refractivity contribution in [3.05, 3.63) is 0 Å². The van der Waals surface area contributed by atoms with Crippen LogP contribution in [0.3, 0.4) is 0 Å². The van der Waals surface area contributed by atoms with E-state index in [0.29, 0.717) is 12.5 Å². The van der Waals surface area contributed by atoms with Crippen LogP contribution in [0.15, 0.2) is 0 Å². The largest absolute Gasteiger partial charge is 0.417 e. The highest BCUT2D eigenvalue weighted by Crippen LogP contribution is 2.22. The number of aliphatic hydroxyl groups excluding tert-OH is 1. The summed E-state index contributed by atoms with van der Waals surface area (Å²) in [7, 11) is -1.36. The summed E-state index contributed by atoms with van der Waals surface area (Å²) in [6, 6.07) is 3.72. The smallest absolute Gasteiger partial charge is 0.191 e. The van der Waals surface area contributed by atoms with Crippen molar-refractivity contribution in [2.24, 2.45) is 5.92 Å². The van der Waals surface area contributed by atoms with E-state index in [9.17, 15) is 0 Å². The summed E-state index contributed by atoms with van der Waals surface area (Å²) in [4.78, 5) is 0. The van der Waals surface area contributed by atoms with Crippen molar-refractivity contribution in [1.82, 2.24) is 0 Å². The van der Waals surface area contributed by atoms with Crippen molar-refractivity contribution >= 4 is 8.32 Å². The van der Waals surface area contributed by atoms with E-state index in [1.54, 1.807) is 0 Å². The molecule has 1 unspecified atom stereocenters. The zero-order valence-corrected chi connectivity index (χ0v) is 12.6. The fourth-order valence-electron chi connectivity index (χ4n) is 2.12. The number of hydrogen-bond donors (Lipinski definition) is 1. The summed E-state index contributed by atoms with van der Waals surface area (Å²) in [6.07, 6.45) is 3.20. The van der Waals surface area contributed by atoms with Gasteiger partial charge in [-0.2, -0.15) is 0 Å². The average molecular weight is 246 g/mol. The molecule has 0 radical (unpaired) electrons. The van der Waals surface area contributed by atoms with Gasteiger partial charge in [-0.1, -0.05) is 27.7 Å². The number of aliphatic hydroxyl groups is 1. The second-order valence-corrected chi connectivity index (χ2v) is 9.63. The minimum atomic E-state index is -1.36. The summed E-state index contributed by atoms with van der Waals surface area (Å²) >= 11 is 0. The third kappa shape index (κ3) is 6.02. The van der Waals surface area contributed by atoms with Crippen LogP contribution in [0.2, 0.25) is 18.1 Å². The van der Waals surface area contributed by atoms with E-state index in [4.69, 9.17) is 9.53 Å². The van der Waals surface area contributed by atoms with Gasteiger partial charge in [0.2, 0.25) is 0 Å². The van der Waals surface area contributed by atoms with Crippen LogP contribution in [0.1, 0.15) is 47.0 Å². The highest BCUT2D eigenvalue weighted by atomic mass is 28.4. The summed E-state index contributed by atoms with van der Waals surface area (Å²) in [5.74, 6) is 0.685. The van der Waals surface area contributed by atoms with Crippen molar-refractivity contribution < 1.29 is 9.53 Å². The molecule has 0 aromatic heterocycles. The predicted molar refractivity (Wildman–Crippen MR) is 73.2 cm³/mol. The van der Waals surface area contributed by atoms with E-state index in [1.165, 1.54) is 18.1 Å². The molecule has 0 fully saturated rings. The Morgan fingerprint density at radius 1 is 1.06 bits per heavy atom. The fourth-order valence-corrected chi connectivity index (χ4v) is 4.78. The molecule has 0 aliphatic rings. The molecule has 1 atom stereocenters. The fraction of sp³-hybridized carbons (Fsp3) is 1.00. The number of hydrogen-bond acceptors (Lipinski definition) is 2. The Kier molecular flexibility index (Phi) is 9.28. The lowest BCUT2D eigenvalue weighted by atomic mass is 10.0. The first-order valence-electron chi connectivity index (χ1n) is 6.88. The van der Waals surface area contributed by atoms with Crippen LogP contribution in [0.4, 0.5) is 0 Å². The van der Waals surface area contributed by atoms with Gasteiger partial charge < -0.3 is 9.53 Å². The normalized spacial score (nSPS) is 14.1. The summed E-state index contributed by atoms with van der Waals surface area (Å²) < 4.78 is 6.20. The van der Waals surface area contributed by atoms with E-state index >= 15 is 0 Å². The standard InChI is InChI=1S/C13H30O2Si/c1-5-16(6-2,7-3)15-12-10-13(4)9-8-11-14/h13-14H,5-12H2,1-4H3. The Bertz CT molecular complexity index is 150. The molecule has 2 nitrogen and oxygen atoms in total. The average Bonchev–Trinajstić information content (AvgIpc) is 2.33. The molecule has 0 amide bonds. The molecule has 3 heteroatoms. The van der Waals surface area contributed by atoms with Crippen molar-refractivity contribution in [3.8, 4) is 0 Å². The maximum atomic E-state index is 8.76. The van der Waals surface area contributed by atoms with E-state index in [2.05, 4.69) is 27.7 Å². The molecule has 98 valence electrons. The van der Waals surface area contributed by atoms with E-state index in [0.717, 1.165) is 25.9 Å². The summed E-state index contributed by atoms with van der Waals surface area (Å²) in [5, 5.41) is 8.76. The first-order valence-corrected chi connectivity index (χ1v) is 9.41. The zero-order chi connectivity index (χ0) is 12.4. The molecule has 0 saturated carbocycles. The highest BCUT2D eigenvalue weighted by molar-refractivity contribution is 6.73. The van der Waals surface area contributed by atoms with Gasteiger partial charge in [-0.05, 0) is 43.3 Å². The topological polar surface area (TPSA) is 29.5 Å². The van der Waals surface area contributed by atoms with Crippen LogP contribution in [0.25, 0.3) is 0 Å². The third-order valence-corrected chi connectivity index (χ3v) is 8.49. The van der Waals surface area contributed by atoms with Crippen LogP contribution in [0.5, 0.6) is 0 Å². The van der Waals surface area contributed by atoms with Crippen LogP contribution < -0.4 is 0 Å². The van der Waals surface area contributed by atoms with Crippen molar-refractivity contribution in [3.63, 3.8) is 0 Å². The highest BCUT2D eigenvalue weighted by Gasteiger charge is 2.28. The van der Waals surface area contributed by atoms with Gasteiger partial charge in [-0.3, -0.25) is 0 Å². The SMILES string of the molecule is CC[Si](CC)(CC)OCCC(C)CCCO. The van der Waals surface area contributed by atoms with Gasteiger partial charge in [0.15, 0.2) is 8.32 Å². The first-order chi connectivity index (χ1) is 7.64. The Balaban J connectivity index is 3.77. The van der Waals surface area contributed by atoms with Crippen LogP contribution in [-0.4, -0.2) is 26.6 Å². The van der Waals surface area contributed by atoms with Crippen LogP contribution in [0, 0.1) is 5.92 Å². The van der Waals surface area contributed by atoms with Gasteiger partial charge in [0.05, 0.1) is 0 Å². The Labute approximate surface area is 103 Å². The van der Waals surface area contributed by atoms with Gasteiger partial charge >= 0.3 is 0 Å². The molecule has 0 heterocycles. The lowest BCUT2D eigenvalue weighted by Crippen LogP contribution is -2.36. The van der Waals surface area contributed by atoms with E-state index in [1.807, 2.05) is 0 Å². The minimum Gasteiger partial charge on any atom is -0.417 e. The summed E-state index contributed by atoms with van der Waals surface area (Å²) in [6.45, 7) is 10.3. The van der Waals surface area contributed by atoms with E-state index in [-0.39, 0.29) is 0 Å². The molecule has 0 aliphatic heterocycles. The Morgan fingerprint density at radius 2 is 1.62 bits per heavy atom. The van der Waals surface area contributed by atoms with Crippen LogP contribution >= 0.6 is 0 Å². The van der Waals surface area contributed by atoms with Crippen molar-refractivity contribution in [2.75, 3.05) is 13.2 Å². The van der Waals surface area contributed by atoms with Crippen molar-refractivity contribution in [1.29, 1.82) is 0 Å². The molecular weight excluding hydrogens is 216 g/mol. The van der Waals surface area contributed by atoms with Crippen LogP contribution in [-0.2, 0) is 4.43 Å². The molecule has 0 saturated heterocycles. The third-order valence-electron chi connectivity index (χ3n) is 3.81. The lowest BCUT2D eigenvalue weighted by molar-refractivity contribution is 0.243. The summed E-state index contributed by atoms with van der Waals surface area (Å²) in [5.41, 5.74) is 0. The monoisotopic (exact) mass is 246 g/mol. The van der Waals surface area contributed by atoms with E-state index < -0.39 is 8.32 Å². The van der Waals surface area contributed by atoms with Gasteiger partial charge in [0.25, 0.3) is 0 Å². The molecule has 0 aromatic rings. The Hall–Kier alpha value is 0.137. The molecule has 0 aromatic carbocycles. The predicted octanol–water partition coefficient (Wildman–Crippen LogP) is 3.81. The Morgan fingerprint density at radius 3 is 2.06 bits per heavy atom. The molecular formula is C13H30O2Si. The molecule has 16 heavy (non-hydrogen) atoms. The van der Waals surface area contributed by atoms with Gasteiger partial charge in [0.1, 0.15) is 0 Å². The minimum absolute atomic E-state index is 0.322. The second kappa shape index (κ2) is 9.20. The molecule has 0 aliphatic carbocycles. The molecule has 1 N–H and O–H groups in total. The second-order valence-electron chi connectivity index (χ2n) is 4.85.